The highest BCUT2D eigenvalue weighted by Crippen LogP contribution is 2.28. The average molecular weight is 179 g/mol. The molecule has 0 aliphatic rings. The summed E-state index contributed by atoms with van der Waals surface area (Å²) in [6.07, 6.45) is 0. The quantitative estimate of drug-likeness (QED) is 0.672. The van der Waals surface area contributed by atoms with E-state index < -0.39 is 0 Å². The van der Waals surface area contributed by atoms with Crippen LogP contribution in [0.2, 0.25) is 0 Å². The van der Waals surface area contributed by atoms with Gasteiger partial charge in [-0.2, -0.15) is 0 Å². The molecule has 0 unspecified atom stereocenters. The molecule has 2 aromatic rings. The van der Waals surface area contributed by atoms with E-state index in [0.29, 0.717) is 0 Å². The zero-order valence-electron chi connectivity index (χ0n) is 7.00. The molecule has 62 valence electrons. The Bertz CT molecular complexity index is 389. The molecule has 0 amide bonds. The lowest BCUT2D eigenvalue weighted by Gasteiger charge is -1.89. The molecule has 2 nitrogen and oxygen atoms in total. The van der Waals surface area contributed by atoms with Gasteiger partial charge in [0.25, 0.3) is 0 Å². The van der Waals surface area contributed by atoms with Gasteiger partial charge in [-0.15, -0.1) is 11.3 Å². The van der Waals surface area contributed by atoms with Gasteiger partial charge in [0, 0.05) is 6.07 Å². The topological polar surface area (TPSA) is 26.0 Å². The Balaban J connectivity index is 2.50. The molecule has 0 spiro atoms. The SMILES string of the molecule is Cc1cc(-c2sccc2C)on1. The summed E-state index contributed by atoms with van der Waals surface area (Å²) in [6, 6.07) is 4.04. The minimum absolute atomic E-state index is 0.875. The van der Waals surface area contributed by atoms with E-state index >= 15 is 0 Å². The van der Waals surface area contributed by atoms with Crippen LogP contribution in [-0.4, -0.2) is 5.16 Å². The second-order valence-electron chi connectivity index (χ2n) is 2.77. The van der Waals surface area contributed by atoms with Crippen LogP contribution in [-0.2, 0) is 0 Å². The highest BCUT2D eigenvalue weighted by Gasteiger charge is 2.07. The number of thiophene rings is 1. The van der Waals surface area contributed by atoms with Gasteiger partial charge in [-0.1, -0.05) is 5.16 Å². The Hall–Kier alpha value is -1.09. The van der Waals surface area contributed by atoms with E-state index in [1.54, 1.807) is 11.3 Å². The summed E-state index contributed by atoms with van der Waals surface area (Å²) in [7, 11) is 0. The molecule has 0 aliphatic carbocycles. The zero-order valence-corrected chi connectivity index (χ0v) is 7.81. The van der Waals surface area contributed by atoms with Gasteiger partial charge in [0.1, 0.15) is 0 Å². The third kappa shape index (κ3) is 1.16. The first-order valence-electron chi connectivity index (χ1n) is 3.75. The Morgan fingerprint density at radius 1 is 1.42 bits per heavy atom. The van der Waals surface area contributed by atoms with E-state index in [4.69, 9.17) is 4.52 Å². The second kappa shape index (κ2) is 2.75. The maximum atomic E-state index is 5.15. The molecule has 2 aromatic heterocycles. The van der Waals surface area contributed by atoms with E-state index in [1.807, 2.05) is 13.0 Å². The Morgan fingerprint density at radius 3 is 2.75 bits per heavy atom. The predicted molar refractivity (Wildman–Crippen MR) is 49.3 cm³/mol. The van der Waals surface area contributed by atoms with Crippen LogP contribution in [0.4, 0.5) is 0 Å². The largest absolute Gasteiger partial charge is 0.355 e. The van der Waals surface area contributed by atoms with E-state index in [0.717, 1.165) is 11.5 Å². The molecule has 0 saturated heterocycles. The van der Waals surface area contributed by atoms with E-state index in [-0.39, 0.29) is 0 Å². The van der Waals surface area contributed by atoms with Crippen LogP contribution in [0.3, 0.4) is 0 Å². The van der Waals surface area contributed by atoms with Gasteiger partial charge in [0.2, 0.25) is 0 Å². The molecular formula is C9H9NOS. The van der Waals surface area contributed by atoms with Crippen LogP contribution in [0, 0.1) is 13.8 Å². The summed E-state index contributed by atoms with van der Waals surface area (Å²) < 4.78 is 5.15. The average Bonchev–Trinajstić information content (AvgIpc) is 2.58. The Labute approximate surface area is 74.8 Å². The predicted octanol–water partition coefficient (Wildman–Crippen LogP) is 3.02. The molecule has 0 radical (unpaired) electrons. The molecule has 12 heavy (non-hydrogen) atoms. The first kappa shape index (κ1) is 7.55. The third-order valence-electron chi connectivity index (χ3n) is 1.71. The molecule has 0 bridgehead atoms. The van der Waals surface area contributed by atoms with Gasteiger partial charge < -0.3 is 4.52 Å². The molecule has 2 rings (SSSR count). The maximum Gasteiger partial charge on any atom is 0.177 e. The Kier molecular flexibility index (Phi) is 1.73. The van der Waals surface area contributed by atoms with Crippen LogP contribution in [0.25, 0.3) is 10.6 Å². The van der Waals surface area contributed by atoms with Crippen LogP contribution in [0.1, 0.15) is 11.3 Å². The van der Waals surface area contributed by atoms with Crippen LogP contribution in [0.5, 0.6) is 0 Å². The van der Waals surface area contributed by atoms with Crippen molar-refractivity contribution in [1.82, 2.24) is 5.16 Å². The van der Waals surface area contributed by atoms with Crippen molar-refractivity contribution in [3.05, 3.63) is 28.8 Å². The molecule has 0 N–H and O–H groups in total. The third-order valence-corrected chi connectivity index (χ3v) is 2.74. The van der Waals surface area contributed by atoms with Gasteiger partial charge in [-0.05, 0) is 30.9 Å². The summed E-state index contributed by atoms with van der Waals surface area (Å²) in [6.45, 7) is 4.00. The van der Waals surface area contributed by atoms with Crippen LogP contribution < -0.4 is 0 Å². The number of aryl methyl sites for hydroxylation is 2. The molecule has 0 atom stereocenters. The van der Waals surface area contributed by atoms with Crippen molar-refractivity contribution < 1.29 is 4.52 Å². The van der Waals surface area contributed by atoms with Gasteiger partial charge in [-0.25, -0.2) is 0 Å². The number of hydrogen-bond donors (Lipinski definition) is 0. The smallest absolute Gasteiger partial charge is 0.177 e. The fourth-order valence-corrected chi connectivity index (χ4v) is 1.97. The van der Waals surface area contributed by atoms with Crippen LogP contribution >= 0.6 is 11.3 Å². The molecule has 2 heterocycles. The fraction of sp³-hybridized carbons (Fsp3) is 0.222. The minimum Gasteiger partial charge on any atom is -0.355 e. The monoisotopic (exact) mass is 179 g/mol. The standard InChI is InChI=1S/C9H9NOS/c1-6-3-4-12-9(6)8-5-7(2)10-11-8/h3-5H,1-2H3. The highest BCUT2D eigenvalue weighted by molar-refractivity contribution is 7.13. The summed E-state index contributed by atoms with van der Waals surface area (Å²) in [5.74, 6) is 0.875. The number of nitrogens with zero attached hydrogens (tertiary/aromatic N) is 1. The van der Waals surface area contributed by atoms with Crippen molar-refractivity contribution in [2.24, 2.45) is 0 Å². The second-order valence-corrected chi connectivity index (χ2v) is 3.68. The van der Waals surface area contributed by atoms with E-state index in [1.165, 1.54) is 10.4 Å². The first-order chi connectivity index (χ1) is 5.77. The molecule has 0 saturated carbocycles. The minimum atomic E-state index is 0.875. The lowest BCUT2D eigenvalue weighted by molar-refractivity contribution is 0.428. The number of rotatable bonds is 1. The summed E-state index contributed by atoms with van der Waals surface area (Å²) in [4.78, 5) is 1.18. The maximum absolute atomic E-state index is 5.15. The van der Waals surface area contributed by atoms with E-state index in [2.05, 4.69) is 23.5 Å². The van der Waals surface area contributed by atoms with Crippen molar-refractivity contribution in [3.63, 3.8) is 0 Å². The van der Waals surface area contributed by atoms with Gasteiger partial charge in [-0.3, -0.25) is 0 Å². The lowest BCUT2D eigenvalue weighted by atomic mass is 10.2. The van der Waals surface area contributed by atoms with Gasteiger partial charge in [0.05, 0.1) is 10.6 Å². The lowest BCUT2D eigenvalue weighted by Crippen LogP contribution is -1.68. The highest BCUT2D eigenvalue weighted by atomic mass is 32.1. The fourth-order valence-electron chi connectivity index (χ4n) is 1.10. The Morgan fingerprint density at radius 2 is 2.25 bits per heavy atom. The van der Waals surface area contributed by atoms with E-state index in [9.17, 15) is 0 Å². The molecule has 0 fully saturated rings. The zero-order chi connectivity index (χ0) is 8.55. The first-order valence-corrected chi connectivity index (χ1v) is 4.63. The van der Waals surface area contributed by atoms with Gasteiger partial charge >= 0.3 is 0 Å². The van der Waals surface area contributed by atoms with Crippen LogP contribution in [0.15, 0.2) is 22.0 Å². The summed E-state index contributed by atoms with van der Waals surface area (Å²) in [5, 5.41) is 5.90. The number of aromatic nitrogens is 1. The molecule has 0 aliphatic heterocycles. The summed E-state index contributed by atoms with van der Waals surface area (Å²) in [5.41, 5.74) is 2.17. The van der Waals surface area contributed by atoms with Crippen molar-refractivity contribution in [1.29, 1.82) is 0 Å². The van der Waals surface area contributed by atoms with Gasteiger partial charge in [0.15, 0.2) is 5.76 Å². The molecule has 3 heteroatoms. The number of hydrogen-bond acceptors (Lipinski definition) is 3. The molecule has 0 aromatic carbocycles. The normalized spacial score (nSPS) is 10.5. The molecular weight excluding hydrogens is 170 g/mol. The van der Waals surface area contributed by atoms with Crippen molar-refractivity contribution in [2.45, 2.75) is 13.8 Å². The van der Waals surface area contributed by atoms with Crippen molar-refractivity contribution >= 4 is 11.3 Å². The van der Waals surface area contributed by atoms with Crippen molar-refractivity contribution in [3.8, 4) is 10.6 Å². The van der Waals surface area contributed by atoms with Crippen molar-refractivity contribution in [2.75, 3.05) is 0 Å². The summed E-state index contributed by atoms with van der Waals surface area (Å²) >= 11 is 1.68.